The summed E-state index contributed by atoms with van der Waals surface area (Å²) < 4.78 is 34.6. The Hall–Kier alpha value is -3.65. The van der Waals surface area contributed by atoms with Crippen molar-refractivity contribution in [1.29, 1.82) is 0 Å². The topological polar surface area (TPSA) is 106 Å². The zero-order valence-corrected chi connectivity index (χ0v) is 24.2. The van der Waals surface area contributed by atoms with Gasteiger partial charge in [0.2, 0.25) is 0 Å². The van der Waals surface area contributed by atoms with Gasteiger partial charge in [-0.25, -0.2) is 9.78 Å². The van der Waals surface area contributed by atoms with Gasteiger partial charge >= 0.3 is 5.97 Å². The lowest BCUT2D eigenvalue weighted by molar-refractivity contribution is -0.161. The molecule has 0 bridgehead atoms. The fourth-order valence-electron chi connectivity index (χ4n) is 5.31. The molecule has 0 radical (unpaired) electrons. The third kappa shape index (κ3) is 6.91. The van der Waals surface area contributed by atoms with Crippen molar-refractivity contribution in [2.45, 2.75) is 82.3 Å². The number of rotatable bonds is 12. The number of anilines is 1. The van der Waals surface area contributed by atoms with Crippen LogP contribution in [0.1, 0.15) is 75.0 Å². The van der Waals surface area contributed by atoms with Crippen LogP contribution in [-0.2, 0) is 26.0 Å². The minimum atomic E-state index is -3.89. The normalized spacial score (nSPS) is 18.3. The molecule has 0 fully saturated rings. The van der Waals surface area contributed by atoms with E-state index in [9.17, 15) is 18.3 Å². The largest absolute Gasteiger partial charge is 0.512 e. The van der Waals surface area contributed by atoms with Gasteiger partial charge in [0.05, 0.1) is 5.57 Å². The van der Waals surface area contributed by atoms with Crippen molar-refractivity contribution in [2.75, 3.05) is 4.72 Å². The van der Waals surface area contributed by atoms with E-state index in [1.165, 1.54) is 12.3 Å². The Morgan fingerprint density at radius 1 is 1.05 bits per heavy atom. The van der Waals surface area contributed by atoms with Crippen LogP contribution in [0.3, 0.4) is 0 Å². The van der Waals surface area contributed by atoms with E-state index in [1.807, 2.05) is 38.1 Å². The molecule has 0 saturated heterocycles. The Labute approximate surface area is 237 Å². The highest BCUT2D eigenvalue weighted by Crippen LogP contribution is 2.42. The predicted molar refractivity (Wildman–Crippen MR) is 157 cm³/mol. The first-order valence-electron chi connectivity index (χ1n) is 13.9. The van der Waals surface area contributed by atoms with Crippen LogP contribution in [-0.4, -0.2) is 30.1 Å². The molecule has 212 valence electrons. The lowest BCUT2D eigenvalue weighted by Crippen LogP contribution is -2.41. The molecule has 40 heavy (non-hydrogen) atoms. The van der Waals surface area contributed by atoms with Gasteiger partial charge in [0.25, 0.3) is 10.0 Å². The summed E-state index contributed by atoms with van der Waals surface area (Å²) in [5.74, 6) is -0.899. The molecule has 2 N–H and O–H groups in total. The van der Waals surface area contributed by atoms with E-state index in [0.29, 0.717) is 30.5 Å². The molecule has 1 aromatic heterocycles. The van der Waals surface area contributed by atoms with Gasteiger partial charge in [-0.15, -0.1) is 0 Å². The van der Waals surface area contributed by atoms with Crippen LogP contribution >= 0.6 is 0 Å². The summed E-state index contributed by atoms with van der Waals surface area (Å²) in [4.78, 5) is 17.6. The van der Waals surface area contributed by atoms with Crippen molar-refractivity contribution in [3.05, 3.63) is 101 Å². The molecule has 0 spiro atoms. The quantitative estimate of drug-likeness (QED) is 0.230. The third-order valence-electron chi connectivity index (χ3n) is 7.49. The molecular formula is C32H38N2O5S. The van der Waals surface area contributed by atoms with Crippen LogP contribution in [0.2, 0.25) is 0 Å². The third-order valence-corrected chi connectivity index (χ3v) is 8.78. The van der Waals surface area contributed by atoms with Crippen molar-refractivity contribution in [1.82, 2.24) is 4.98 Å². The molecule has 3 aromatic rings. The number of aryl methyl sites for hydroxylation is 2. The van der Waals surface area contributed by atoms with E-state index in [1.54, 1.807) is 24.3 Å². The van der Waals surface area contributed by atoms with E-state index in [-0.39, 0.29) is 22.8 Å². The number of hydrogen-bond donors (Lipinski definition) is 2. The number of pyridine rings is 1. The smallest absolute Gasteiger partial charge is 0.338 e. The molecular weight excluding hydrogens is 524 g/mol. The van der Waals surface area contributed by atoms with Crippen LogP contribution < -0.4 is 4.72 Å². The Balaban J connectivity index is 1.59. The van der Waals surface area contributed by atoms with Gasteiger partial charge < -0.3 is 9.84 Å². The molecule has 2 atom stereocenters. The number of carbonyl (C=O) groups excluding carboxylic acids is 1. The lowest BCUT2D eigenvalue weighted by Gasteiger charge is -2.39. The zero-order valence-electron chi connectivity index (χ0n) is 23.4. The molecule has 1 aliphatic rings. The first-order valence-corrected chi connectivity index (χ1v) is 15.4. The molecule has 2 unspecified atom stereocenters. The van der Waals surface area contributed by atoms with Crippen LogP contribution in [0.15, 0.2) is 89.3 Å². The standard InChI is InChI=1S/C32H38N2O5S/c1-4-6-18-32(19-17-24-11-8-7-9-12-24)21-28(35)30(31(36)39-32)27(5-2)25-13-10-14-26(20-25)34-40(37,38)29-16-15-23(3)22-33-29/h7-16,20,22,27,34-35H,4-6,17-19,21H2,1-3H3. The number of nitrogens with one attached hydrogen (secondary N) is 1. The molecule has 2 heterocycles. The number of unbranched alkanes of at least 4 members (excludes halogenated alkanes) is 1. The molecule has 0 aliphatic carbocycles. The van der Waals surface area contributed by atoms with Gasteiger partial charge in [0.1, 0.15) is 11.4 Å². The first kappa shape index (κ1) is 29.3. The average Bonchev–Trinajstić information content (AvgIpc) is 2.93. The highest BCUT2D eigenvalue weighted by molar-refractivity contribution is 7.92. The van der Waals surface area contributed by atoms with E-state index in [0.717, 1.165) is 30.4 Å². The number of ether oxygens (including phenoxy) is 1. The van der Waals surface area contributed by atoms with E-state index in [4.69, 9.17) is 4.74 Å². The maximum absolute atomic E-state index is 13.5. The molecule has 1 aliphatic heterocycles. The number of carbonyl (C=O) groups is 1. The van der Waals surface area contributed by atoms with Gasteiger partial charge in [-0.1, -0.05) is 68.8 Å². The molecule has 4 rings (SSSR count). The molecule has 0 saturated carbocycles. The zero-order chi connectivity index (χ0) is 28.8. The van der Waals surface area contributed by atoms with Gasteiger partial charge in [-0.2, -0.15) is 8.42 Å². The highest BCUT2D eigenvalue weighted by Gasteiger charge is 2.43. The number of hydrogen-bond acceptors (Lipinski definition) is 6. The van der Waals surface area contributed by atoms with E-state index >= 15 is 0 Å². The van der Waals surface area contributed by atoms with Gasteiger partial charge in [0.15, 0.2) is 5.03 Å². The Kier molecular flexibility index (Phi) is 9.30. The van der Waals surface area contributed by atoms with Gasteiger partial charge in [-0.05, 0) is 73.9 Å². The predicted octanol–water partition coefficient (Wildman–Crippen LogP) is 7.01. The van der Waals surface area contributed by atoms with Gasteiger partial charge in [-0.3, -0.25) is 4.72 Å². The second-order valence-electron chi connectivity index (χ2n) is 10.6. The summed E-state index contributed by atoms with van der Waals surface area (Å²) in [6.07, 6.45) is 6.19. The molecule has 7 nitrogen and oxygen atoms in total. The van der Waals surface area contributed by atoms with Crippen LogP contribution in [0.5, 0.6) is 0 Å². The maximum Gasteiger partial charge on any atom is 0.338 e. The fourth-order valence-corrected chi connectivity index (χ4v) is 6.30. The van der Waals surface area contributed by atoms with Crippen molar-refractivity contribution in [3.8, 4) is 0 Å². The Morgan fingerprint density at radius 3 is 2.48 bits per heavy atom. The number of aliphatic hydroxyl groups is 1. The van der Waals surface area contributed by atoms with Crippen molar-refractivity contribution in [3.63, 3.8) is 0 Å². The monoisotopic (exact) mass is 562 g/mol. The summed E-state index contributed by atoms with van der Waals surface area (Å²) in [6, 6.07) is 20.1. The first-order chi connectivity index (χ1) is 19.2. The van der Waals surface area contributed by atoms with Crippen LogP contribution in [0, 0.1) is 6.92 Å². The van der Waals surface area contributed by atoms with Crippen molar-refractivity contribution < 1.29 is 23.1 Å². The Morgan fingerprint density at radius 2 is 1.82 bits per heavy atom. The fraction of sp³-hybridized carbons (Fsp3) is 0.375. The number of benzene rings is 2. The summed E-state index contributed by atoms with van der Waals surface area (Å²) >= 11 is 0. The molecule has 8 heteroatoms. The minimum Gasteiger partial charge on any atom is -0.512 e. The average molecular weight is 563 g/mol. The van der Waals surface area contributed by atoms with E-state index in [2.05, 4.69) is 28.8 Å². The number of esters is 1. The van der Waals surface area contributed by atoms with Crippen LogP contribution in [0.25, 0.3) is 0 Å². The second-order valence-corrected chi connectivity index (χ2v) is 12.2. The molecule has 2 aromatic carbocycles. The second kappa shape index (κ2) is 12.7. The highest BCUT2D eigenvalue weighted by atomic mass is 32.2. The van der Waals surface area contributed by atoms with Crippen molar-refractivity contribution >= 4 is 21.7 Å². The summed E-state index contributed by atoms with van der Waals surface area (Å²) in [5.41, 5.74) is 2.57. The summed E-state index contributed by atoms with van der Waals surface area (Å²) in [7, 11) is -3.89. The van der Waals surface area contributed by atoms with Crippen LogP contribution in [0.4, 0.5) is 5.69 Å². The summed E-state index contributed by atoms with van der Waals surface area (Å²) in [6.45, 7) is 5.86. The maximum atomic E-state index is 13.5. The van der Waals surface area contributed by atoms with Gasteiger partial charge in [0, 0.05) is 24.2 Å². The minimum absolute atomic E-state index is 0.0575. The number of aliphatic hydroxyl groups excluding tert-OH is 1. The van der Waals surface area contributed by atoms with E-state index < -0.39 is 27.5 Å². The number of sulfonamides is 1. The number of aromatic nitrogens is 1. The molecule has 0 amide bonds. The SMILES string of the molecule is CCCCC1(CCc2ccccc2)CC(O)=C(C(CC)c2cccc(NS(=O)(=O)c3ccc(C)cn3)c2)C(=O)O1. The Bertz CT molecular complexity index is 1450. The lowest BCUT2D eigenvalue weighted by atomic mass is 9.79. The number of cyclic esters (lactones) is 1. The number of nitrogens with zero attached hydrogens (tertiary/aromatic N) is 1. The summed E-state index contributed by atoms with van der Waals surface area (Å²) in [5, 5.41) is 11.2. The van der Waals surface area contributed by atoms with Crippen molar-refractivity contribution in [2.24, 2.45) is 0 Å².